The summed E-state index contributed by atoms with van der Waals surface area (Å²) < 4.78 is 6.59. The highest BCUT2D eigenvalue weighted by Crippen LogP contribution is 2.40. The molecule has 1 saturated heterocycles. The number of ether oxygens (including phenoxy) is 1. The van der Waals surface area contributed by atoms with E-state index in [4.69, 9.17) is 4.74 Å². The zero-order valence-electron chi connectivity index (χ0n) is 17.6. The number of carbonyl (C=O) groups excluding carboxylic acids is 2. The Morgan fingerprint density at radius 1 is 1.00 bits per heavy atom. The van der Waals surface area contributed by atoms with Crippen molar-refractivity contribution in [1.29, 1.82) is 0 Å². The monoisotopic (exact) mass is 424 g/mol. The van der Waals surface area contributed by atoms with Gasteiger partial charge in [-0.3, -0.25) is 14.2 Å². The number of amides is 1. The van der Waals surface area contributed by atoms with Gasteiger partial charge in [-0.15, -0.1) is 0 Å². The van der Waals surface area contributed by atoms with Gasteiger partial charge in [-0.05, 0) is 30.3 Å². The molecule has 0 aliphatic carbocycles. The highest BCUT2D eigenvalue weighted by molar-refractivity contribution is 5.95. The van der Waals surface area contributed by atoms with Gasteiger partial charge in [0.25, 0.3) is 0 Å². The Bertz CT molecular complexity index is 1180. The zero-order chi connectivity index (χ0) is 22.3. The summed E-state index contributed by atoms with van der Waals surface area (Å²) in [6.07, 6.45) is 0. The van der Waals surface area contributed by atoms with Gasteiger partial charge < -0.3 is 24.7 Å². The molecule has 0 unspecified atom stereocenters. The number of methoxy groups -OCH3 is 1. The number of hydrogen-bond acceptors (Lipinski definition) is 7. The van der Waals surface area contributed by atoms with E-state index in [-0.39, 0.29) is 29.1 Å². The Hall–Kier alpha value is -3.75. The van der Waals surface area contributed by atoms with Crippen LogP contribution in [0.2, 0.25) is 0 Å². The fourth-order valence-electron chi connectivity index (χ4n) is 3.94. The van der Waals surface area contributed by atoms with E-state index in [9.17, 15) is 19.8 Å². The normalized spacial score (nSPS) is 14.2. The summed E-state index contributed by atoms with van der Waals surface area (Å²) in [7, 11) is 1.38. The van der Waals surface area contributed by atoms with Crippen LogP contribution in [0.15, 0.2) is 30.3 Å². The van der Waals surface area contributed by atoms with E-state index in [0.29, 0.717) is 48.6 Å². The van der Waals surface area contributed by atoms with Crippen molar-refractivity contribution in [2.75, 3.05) is 38.2 Å². The maximum absolute atomic E-state index is 12.4. The predicted molar refractivity (Wildman–Crippen MR) is 116 cm³/mol. The number of carbonyl (C=O) groups is 2. The number of aromatic nitrogens is 2. The molecule has 0 atom stereocenters. The number of aromatic hydroxyl groups is 2. The number of nitrogens with zero attached hydrogens (tertiary/aromatic N) is 4. The van der Waals surface area contributed by atoms with Crippen LogP contribution in [-0.4, -0.2) is 69.8 Å². The smallest absolute Gasteiger partial charge is 0.229 e. The maximum atomic E-state index is 12.4. The summed E-state index contributed by atoms with van der Waals surface area (Å²) in [6, 6.07) is 8.57. The van der Waals surface area contributed by atoms with Crippen LogP contribution in [0, 0.1) is 0 Å². The molecule has 0 bridgehead atoms. The summed E-state index contributed by atoms with van der Waals surface area (Å²) in [6.45, 7) is 5.77. The number of hydrogen-bond donors (Lipinski definition) is 2. The minimum atomic E-state index is -0.372. The SMILES string of the molecule is COc1cc(-c2nc3cc(N4CCN(C(C)=O)CC4)ccc3n2C(C)=O)cc(O)c1O. The lowest BCUT2D eigenvalue weighted by Crippen LogP contribution is -2.48. The molecule has 9 heteroatoms. The van der Waals surface area contributed by atoms with Crippen molar-refractivity contribution in [2.24, 2.45) is 0 Å². The molecule has 1 fully saturated rings. The lowest BCUT2D eigenvalue weighted by molar-refractivity contribution is -0.129. The Morgan fingerprint density at radius 3 is 2.32 bits per heavy atom. The molecular formula is C22H24N4O5. The van der Waals surface area contributed by atoms with Crippen molar-refractivity contribution in [3.05, 3.63) is 30.3 Å². The molecule has 0 spiro atoms. The Morgan fingerprint density at radius 2 is 1.71 bits per heavy atom. The first kappa shape index (κ1) is 20.5. The van der Waals surface area contributed by atoms with Crippen LogP contribution in [-0.2, 0) is 4.79 Å². The van der Waals surface area contributed by atoms with Gasteiger partial charge in [-0.2, -0.15) is 0 Å². The summed E-state index contributed by atoms with van der Waals surface area (Å²) in [5.74, 6) is -0.459. The van der Waals surface area contributed by atoms with E-state index in [1.165, 1.54) is 30.7 Å². The molecule has 2 heterocycles. The third kappa shape index (κ3) is 3.63. The molecule has 1 aliphatic heterocycles. The number of phenolic OH excluding ortho intramolecular Hbond substituents is 2. The van der Waals surface area contributed by atoms with Gasteiger partial charge in [0.2, 0.25) is 17.6 Å². The van der Waals surface area contributed by atoms with Gasteiger partial charge in [0.05, 0.1) is 18.1 Å². The number of benzene rings is 2. The van der Waals surface area contributed by atoms with Crippen LogP contribution in [0.5, 0.6) is 17.2 Å². The first-order valence-electron chi connectivity index (χ1n) is 9.94. The van der Waals surface area contributed by atoms with Gasteiger partial charge >= 0.3 is 0 Å². The number of imidazole rings is 1. The number of anilines is 1. The minimum absolute atomic E-state index is 0.0764. The van der Waals surface area contributed by atoms with Crippen LogP contribution >= 0.6 is 0 Å². The van der Waals surface area contributed by atoms with Crippen molar-refractivity contribution in [3.63, 3.8) is 0 Å². The highest BCUT2D eigenvalue weighted by atomic mass is 16.5. The Balaban J connectivity index is 1.76. The van der Waals surface area contributed by atoms with Crippen LogP contribution in [0.25, 0.3) is 22.4 Å². The van der Waals surface area contributed by atoms with E-state index in [1.54, 1.807) is 6.92 Å². The van der Waals surface area contributed by atoms with Crippen molar-refractivity contribution in [1.82, 2.24) is 14.5 Å². The lowest BCUT2D eigenvalue weighted by atomic mass is 10.1. The average Bonchev–Trinajstić information content (AvgIpc) is 3.14. The van der Waals surface area contributed by atoms with Crippen molar-refractivity contribution < 1.29 is 24.5 Å². The van der Waals surface area contributed by atoms with E-state index in [0.717, 1.165) is 5.69 Å². The average molecular weight is 424 g/mol. The zero-order valence-corrected chi connectivity index (χ0v) is 17.6. The van der Waals surface area contributed by atoms with E-state index in [2.05, 4.69) is 9.88 Å². The molecule has 1 amide bonds. The topological polar surface area (TPSA) is 108 Å². The second-order valence-corrected chi connectivity index (χ2v) is 7.50. The second kappa shape index (κ2) is 7.82. The molecule has 2 aromatic carbocycles. The van der Waals surface area contributed by atoms with Crippen LogP contribution in [0.1, 0.15) is 18.6 Å². The number of rotatable bonds is 3. The van der Waals surface area contributed by atoms with Crippen LogP contribution < -0.4 is 9.64 Å². The molecule has 0 radical (unpaired) electrons. The number of phenols is 2. The third-order valence-electron chi connectivity index (χ3n) is 5.58. The lowest BCUT2D eigenvalue weighted by Gasteiger charge is -2.35. The third-order valence-corrected chi connectivity index (χ3v) is 5.58. The molecule has 9 nitrogen and oxygen atoms in total. The molecule has 3 aromatic rings. The van der Waals surface area contributed by atoms with Gasteiger partial charge in [0.1, 0.15) is 5.82 Å². The Labute approximate surface area is 179 Å². The fraction of sp³-hybridized carbons (Fsp3) is 0.318. The van der Waals surface area contributed by atoms with Crippen LogP contribution in [0.3, 0.4) is 0 Å². The van der Waals surface area contributed by atoms with Crippen LogP contribution in [0.4, 0.5) is 5.69 Å². The Kier molecular flexibility index (Phi) is 5.18. The van der Waals surface area contributed by atoms with Gasteiger partial charge in [-0.25, -0.2) is 4.98 Å². The second-order valence-electron chi connectivity index (χ2n) is 7.50. The summed E-state index contributed by atoms with van der Waals surface area (Å²) in [5, 5.41) is 20.0. The summed E-state index contributed by atoms with van der Waals surface area (Å²) in [4.78, 5) is 32.7. The standard InChI is InChI=1S/C22H24N4O5/c1-13(27)24-6-8-25(9-7-24)16-4-5-18-17(12-16)23-22(26(18)14(2)28)15-10-19(29)21(30)20(11-15)31-3/h4-5,10-12,29-30H,6-9H2,1-3H3. The molecule has 0 saturated carbocycles. The molecule has 31 heavy (non-hydrogen) atoms. The van der Waals surface area contributed by atoms with Crippen molar-refractivity contribution >= 4 is 28.5 Å². The molecule has 162 valence electrons. The summed E-state index contributed by atoms with van der Waals surface area (Å²) >= 11 is 0. The molecule has 4 rings (SSSR count). The first-order chi connectivity index (χ1) is 14.8. The maximum Gasteiger partial charge on any atom is 0.229 e. The number of piperazine rings is 1. The first-order valence-corrected chi connectivity index (χ1v) is 9.94. The van der Waals surface area contributed by atoms with Gasteiger partial charge in [0, 0.05) is 51.3 Å². The molecular weight excluding hydrogens is 400 g/mol. The van der Waals surface area contributed by atoms with Crippen molar-refractivity contribution in [2.45, 2.75) is 13.8 Å². The molecule has 2 N–H and O–H groups in total. The summed E-state index contributed by atoms with van der Waals surface area (Å²) in [5.41, 5.74) is 2.67. The quantitative estimate of drug-likeness (QED) is 0.622. The van der Waals surface area contributed by atoms with Crippen molar-refractivity contribution in [3.8, 4) is 28.6 Å². The fourth-order valence-corrected chi connectivity index (χ4v) is 3.94. The van der Waals surface area contributed by atoms with E-state index >= 15 is 0 Å². The van der Waals surface area contributed by atoms with Gasteiger partial charge in [0.15, 0.2) is 11.5 Å². The number of fused-ring (bicyclic) bond motifs is 1. The molecule has 1 aliphatic rings. The highest BCUT2D eigenvalue weighted by Gasteiger charge is 2.22. The largest absolute Gasteiger partial charge is 0.504 e. The van der Waals surface area contributed by atoms with E-state index < -0.39 is 0 Å². The molecule has 1 aromatic heterocycles. The van der Waals surface area contributed by atoms with Gasteiger partial charge in [-0.1, -0.05) is 0 Å². The minimum Gasteiger partial charge on any atom is -0.504 e. The van der Waals surface area contributed by atoms with E-state index in [1.807, 2.05) is 23.1 Å². The predicted octanol–water partition coefficient (Wildman–Crippen LogP) is 2.45.